The number of carboxylic acids is 2. The quantitative estimate of drug-likeness (QED) is 0.564. The van der Waals surface area contributed by atoms with Crippen LogP contribution in [0.5, 0.6) is 5.75 Å². The van der Waals surface area contributed by atoms with E-state index in [2.05, 4.69) is 0 Å². The third-order valence-corrected chi connectivity index (χ3v) is 4.53. The lowest BCUT2D eigenvalue weighted by Crippen LogP contribution is -2.26. The highest BCUT2D eigenvalue weighted by Gasteiger charge is 2.32. The molecule has 0 aromatic heterocycles. The maximum Gasteiger partial charge on any atom is 0.414 e. The second-order valence-electron chi connectivity index (χ2n) is 6.92. The Balaban J connectivity index is 1.66. The molecule has 9 heteroatoms. The smallest absolute Gasteiger partial charge is 0.414 e. The van der Waals surface area contributed by atoms with Gasteiger partial charge in [0, 0.05) is 12.2 Å². The van der Waals surface area contributed by atoms with Crippen LogP contribution in [0.4, 0.5) is 10.5 Å². The van der Waals surface area contributed by atoms with Gasteiger partial charge in [0.05, 0.1) is 19.4 Å². The van der Waals surface area contributed by atoms with Gasteiger partial charge in [-0.1, -0.05) is 18.2 Å². The summed E-state index contributed by atoms with van der Waals surface area (Å²) in [7, 11) is 0. The molecule has 2 aromatic carbocycles. The zero-order chi connectivity index (χ0) is 21.7. The third-order valence-electron chi connectivity index (χ3n) is 4.53. The number of anilines is 1. The fourth-order valence-corrected chi connectivity index (χ4v) is 3.19. The summed E-state index contributed by atoms with van der Waals surface area (Å²) in [4.78, 5) is 35.7. The van der Waals surface area contributed by atoms with Crippen molar-refractivity contribution in [3.05, 3.63) is 59.2 Å². The second-order valence-corrected chi connectivity index (χ2v) is 6.92. The molecular weight excluding hydrogens is 392 g/mol. The van der Waals surface area contributed by atoms with Crippen LogP contribution in [-0.2, 0) is 33.7 Å². The number of rotatable bonds is 9. The van der Waals surface area contributed by atoms with Crippen LogP contribution in [0.15, 0.2) is 42.5 Å². The van der Waals surface area contributed by atoms with Crippen LogP contribution in [0.25, 0.3) is 0 Å². The number of carboxylic acid groups (broad SMARTS) is 2. The summed E-state index contributed by atoms with van der Waals surface area (Å²) in [6, 6.07) is 11.9. The number of carbonyl (C=O) groups excluding carboxylic acids is 1. The summed E-state index contributed by atoms with van der Waals surface area (Å²) < 4.78 is 11.0. The van der Waals surface area contributed by atoms with Gasteiger partial charge in [0.15, 0.2) is 6.10 Å². The van der Waals surface area contributed by atoms with Crippen molar-refractivity contribution < 1.29 is 34.1 Å². The van der Waals surface area contributed by atoms with Crippen LogP contribution in [0.1, 0.15) is 16.7 Å². The molecule has 1 fully saturated rings. The average molecular weight is 414 g/mol. The number of benzene rings is 2. The van der Waals surface area contributed by atoms with E-state index in [1.54, 1.807) is 24.3 Å². The minimum Gasteiger partial charge on any atom is -0.490 e. The summed E-state index contributed by atoms with van der Waals surface area (Å²) in [6.45, 7) is 0.746. The van der Waals surface area contributed by atoms with Crippen molar-refractivity contribution >= 4 is 23.7 Å². The molecule has 3 rings (SSSR count). The first-order valence-corrected chi connectivity index (χ1v) is 9.30. The van der Waals surface area contributed by atoms with Gasteiger partial charge in [-0.05, 0) is 41.0 Å². The number of amides is 1. The third kappa shape index (κ3) is 5.48. The van der Waals surface area contributed by atoms with E-state index in [0.717, 1.165) is 5.56 Å². The number of nitrogens with two attached hydrogens (primary N) is 1. The first kappa shape index (κ1) is 21.1. The molecule has 0 spiro atoms. The van der Waals surface area contributed by atoms with Crippen LogP contribution in [0.2, 0.25) is 0 Å². The lowest BCUT2D eigenvalue weighted by Gasteiger charge is -2.14. The molecule has 1 atom stereocenters. The Morgan fingerprint density at radius 2 is 1.63 bits per heavy atom. The maximum atomic E-state index is 12.2. The van der Waals surface area contributed by atoms with Crippen molar-refractivity contribution in [1.29, 1.82) is 0 Å². The van der Waals surface area contributed by atoms with Gasteiger partial charge in [0.25, 0.3) is 0 Å². The normalized spacial score (nSPS) is 15.7. The molecule has 4 N–H and O–H groups in total. The van der Waals surface area contributed by atoms with Gasteiger partial charge < -0.3 is 25.4 Å². The molecule has 0 aliphatic carbocycles. The van der Waals surface area contributed by atoms with E-state index in [1.807, 2.05) is 12.1 Å². The largest absolute Gasteiger partial charge is 0.490 e. The highest BCUT2D eigenvalue weighted by Crippen LogP contribution is 2.24. The van der Waals surface area contributed by atoms with Crippen LogP contribution in [0.3, 0.4) is 0 Å². The number of hydrogen-bond acceptors (Lipinski definition) is 6. The number of nitrogens with zero attached hydrogens (tertiary/aromatic N) is 1. The molecule has 1 heterocycles. The van der Waals surface area contributed by atoms with E-state index in [0.29, 0.717) is 29.1 Å². The zero-order valence-electron chi connectivity index (χ0n) is 16.1. The number of carbonyl (C=O) groups is 3. The second kappa shape index (κ2) is 9.27. The van der Waals surface area contributed by atoms with E-state index in [9.17, 15) is 14.4 Å². The lowest BCUT2D eigenvalue weighted by atomic mass is 10.1. The van der Waals surface area contributed by atoms with Crippen molar-refractivity contribution in [3.63, 3.8) is 0 Å². The summed E-state index contributed by atoms with van der Waals surface area (Å²) in [6.07, 6.45) is -1.53. The van der Waals surface area contributed by atoms with Crippen molar-refractivity contribution in [2.75, 3.05) is 18.1 Å². The van der Waals surface area contributed by atoms with Gasteiger partial charge in [-0.15, -0.1) is 0 Å². The van der Waals surface area contributed by atoms with E-state index in [1.165, 1.54) is 11.0 Å². The van der Waals surface area contributed by atoms with E-state index in [-0.39, 0.29) is 26.0 Å². The number of ether oxygens (including phenoxy) is 2. The Labute approximate surface area is 172 Å². The van der Waals surface area contributed by atoms with Gasteiger partial charge in [-0.25, -0.2) is 4.79 Å². The minimum absolute atomic E-state index is 0.0478. The Morgan fingerprint density at radius 3 is 2.17 bits per heavy atom. The molecule has 1 amide bonds. The summed E-state index contributed by atoms with van der Waals surface area (Å²) in [5, 5.41) is 18.0. The Hall–Kier alpha value is -3.59. The molecule has 0 saturated carbocycles. The van der Waals surface area contributed by atoms with Gasteiger partial charge in [-0.3, -0.25) is 14.5 Å². The highest BCUT2D eigenvalue weighted by molar-refractivity contribution is 5.89. The van der Waals surface area contributed by atoms with Gasteiger partial charge in [-0.2, -0.15) is 0 Å². The summed E-state index contributed by atoms with van der Waals surface area (Å²) in [5.41, 5.74) is 8.08. The molecule has 158 valence electrons. The monoisotopic (exact) mass is 414 g/mol. The predicted octanol–water partition coefficient (Wildman–Crippen LogP) is 1.80. The molecule has 9 nitrogen and oxygen atoms in total. The molecule has 1 aliphatic heterocycles. The fourth-order valence-electron chi connectivity index (χ4n) is 3.19. The SMILES string of the molecule is NCc1ccc(N2CC(COc3cc(CC(=O)O)cc(CC(=O)O)c3)OC2=O)cc1. The maximum absolute atomic E-state index is 12.2. The van der Waals surface area contributed by atoms with Crippen molar-refractivity contribution in [2.45, 2.75) is 25.5 Å². The fraction of sp³-hybridized carbons (Fsp3) is 0.286. The minimum atomic E-state index is -1.03. The van der Waals surface area contributed by atoms with E-state index in [4.69, 9.17) is 25.4 Å². The van der Waals surface area contributed by atoms with E-state index >= 15 is 0 Å². The molecule has 1 unspecified atom stereocenters. The Bertz CT molecular complexity index is 909. The molecular formula is C21H22N2O7. The van der Waals surface area contributed by atoms with Gasteiger partial charge in [0.2, 0.25) is 0 Å². The van der Waals surface area contributed by atoms with Crippen LogP contribution in [0, 0.1) is 0 Å². The van der Waals surface area contributed by atoms with E-state index < -0.39 is 24.1 Å². The first-order valence-electron chi connectivity index (χ1n) is 9.30. The summed E-state index contributed by atoms with van der Waals surface area (Å²) in [5.74, 6) is -1.74. The number of cyclic esters (lactones) is 1. The van der Waals surface area contributed by atoms with Crippen molar-refractivity contribution in [2.24, 2.45) is 5.73 Å². The Kier molecular flexibility index (Phi) is 6.53. The molecule has 0 radical (unpaired) electrons. The molecule has 2 aromatic rings. The topological polar surface area (TPSA) is 139 Å². The van der Waals surface area contributed by atoms with Crippen molar-refractivity contribution in [3.8, 4) is 5.75 Å². The van der Waals surface area contributed by atoms with Crippen LogP contribution in [-0.4, -0.2) is 47.5 Å². The zero-order valence-corrected chi connectivity index (χ0v) is 16.1. The standard InChI is InChI=1S/C21H22N2O7/c22-10-13-1-3-16(4-2-13)23-11-18(30-21(23)28)12-29-17-6-14(8-19(24)25)5-15(7-17)9-20(26)27/h1-7,18H,8-12,22H2,(H,24,25)(H,26,27). The van der Waals surface area contributed by atoms with Gasteiger partial charge >= 0.3 is 18.0 Å². The summed E-state index contributed by atoms with van der Waals surface area (Å²) >= 11 is 0. The van der Waals surface area contributed by atoms with Crippen LogP contribution < -0.4 is 15.4 Å². The lowest BCUT2D eigenvalue weighted by molar-refractivity contribution is -0.137. The number of aliphatic carboxylic acids is 2. The average Bonchev–Trinajstić information content (AvgIpc) is 3.06. The predicted molar refractivity (Wildman–Crippen MR) is 107 cm³/mol. The molecule has 1 aliphatic rings. The molecule has 1 saturated heterocycles. The number of hydrogen-bond donors (Lipinski definition) is 3. The Morgan fingerprint density at radius 1 is 1.03 bits per heavy atom. The first-order chi connectivity index (χ1) is 14.3. The highest BCUT2D eigenvalue weighted by atomic mass is 16.6. The van der Waals surface area contributed by atoms with Crippen molar-refractivity contribution in [1.82, 2.24) is 0 Å². The molecule has 30 heavy (non-hydrogen) atoms. The van der Waals surface area contributed by atoms with Gasteiger partial charge in [0.1, 0.15) is 12.4 Å². The van der Waals surface area contributed by atoms with Crippen LogP contribution >= 0.6 is 0 Å². The molecule has 0 bridgehead atoms.